The number of rotatable bonds is 3. The molecule has 0 heterocycles. The maximum atomic E-state index is 13.0. The molecule has 1 atom stereocenters. The van der Waals surface area contributed by atoms with E-state index < -0.39 is 0 Å². The van der Waals surface area contributed by atoms with Gasteiger partial charge in [0.05, 0.1) is 0 Å². The largest absolute Gasteiger partial charge is 0.207 e. The summed E-state index contributed by atoms with van der Waals surface area (Å²) in [5, 5.41) is 0. The summed E-state index contributed by atoms with van der Waals surface area (Å²) in [6.07, 6.45) is 2.58. The van der Waals surface area contributed by atoms with Crippen molar-refractivity contribution < 1.29 is 4.39 Å². The summed E-state index contributed by atoms with van der Waals surface area (Å²) in [7, 11) is 0. The minimum atomic E-state index is -0.187. The van der Waals surface area contributed by atoms with Crippen LogP contribution in [0.25, 0.3) is 0 Å². The average Bonchev–Trinajstić information content (AvgIpc) is 2.03. The van der Waals surface area contributed by atoms with E-state index in [1.165, 1.54) is 12.1 Å². The van der Waals surface area contributed by atoms with Crippen LogP contribution in [0.2, 0.25) is 0 Å². The first kappa shape index (κ1) is 9.97. The summed E-state index contributed by atoms with van der Waals surface area (Å²) in [6.45, 7) is 9.46. The van der Waals surface area contributed by atoms with Crippen molar-refractivity contribution in [1.29, 1.82) is 0 Å². The molecule has 0 bridgehead atoms. The zero-order chi connectivity index (χ0) is 9.84. The maximum absolute atomic E-state index is 13.0. The van der Waals surface area contributed by atoms with E-state index in [0.717, 1.165) is 17.5 Å². The van der Waals surface area contributed by atoms with Crippen LogP contribution >= 0.6 is 0 Å². The number of benzene rings is 1. The first-order valence-electron chi connectivity index (χ1n) is 4.34. The Hall–Kier alpha value is -1.11. The van der Waals surface area contributed by atoms with E-state index in [2.05, 4.69) is 13.5 Å². The van der Waals surface area contributed by atoms with Crippen molar-refractivity contribution in [2.75, 3.05) is 0 Å². The fourth-order valence-electron chi connectivity index (χ4n) is 1.34. The van der Waals surface area contributed by atoms with Crippen LogP contribution in [0.1, 0.15) is 23.5 Å². The van der Waals surface area contributed by atoms with Gasteiger partial charge in [-0.3, -0.25) is 0 Å². The van der Waals surface area contributed by atoms with Crippen molar-refractivity contribution >= 4 is 0 Å². The Bertz CT molecular complexity index is 282. The second kappa shape index (κ2) is 4.22. The summed E-state index contributed by atoms with van der Waals surface area (Å²) in [5.41, 5.74) is 1.88. The summed E-state index contributed by atoms with van der Waals surface area (Å²) >= 11 is 0. The van der Waals surface area contributed by atoms with Crippen molar-refractivity contribution in [3.63, 3.8) is 0 Å². The Balaban J connectivity index is 2.93. The number of halogens is 1. The third-order valence-corrected chi connectivity index (χ3v) is 1.99. The van der Waals surface area contributed by atoms with Crippen molar-refractivity contribution in [3.05, 3.63) is 54.7 Å². The van der Waals surface area contributed by atoms with Gasteiger partial charge in [0, 0.05) is 0 Å². The number of aryl methyl sites for hydroxylation is 1. The molecule has 1 aromatic rings. The molecule has 1 unspecified atom stereocenters. The Morgan fingerprint density at radius 3 is 2.69 bits per heavy atom. The summed E-state index contributed by atoms with van der Waals surface area (Å²) in [4.78, 5) is 0. The van der Waals surface area contributed by atoms with E-state index in [9.17, 15) is 4.39 Å². The van der Waals surface area contributed by atoms with Crippen LogP contribution in [-0.4, -0.2) is 0 Å². The molecule has 13 heavy (non-hydrogen) atoms. The van der Waals surface area contributed by atoms with E-state index in [1.54, 1.807) is 6.08 Å². The molecule has 0 fully saturated rings. The standard InChI is InChI=1S/C12H14F/c1-4-5-10(3)11-6-9(2)7-12(13)8-11/h4,6-8,10H,1,3,5H2,2H3. The second-order valence-electron chi connectivity index (χ2n) is 3.28. The fraction of sp³-hybridized carbons (Fsp3) is 0.250. The molecule has 1 radical (unpaired) electrons. The molecule has 0 nitrogen and oxygen atoms in total. The van der Waals surface area contributed by atoms with Gasteiger partial charge in [0.15, 0.2) is 0 Å². The smallest absolute Gasteiger partial charge is 0.123 e. The van der Waals surface area contributed by atoms with Gasteiger partial charge in [-0.05, 0) is 49.4 Å². The van der Waals surface area contributed by atoms with Crippen LogP contribution in [0.3, 0.4) is 0 Å². The quantitative estimate of drug-likeness (QED) is 0.618. The molecule has 0 aromatic heterocycles. The molecule has 1 heteroatoms. The van der Waals surface area contributed by atoms with Crippen molar-refractivity contribution in [1.82, 2.24) is 0 Å². The Morgan fingerprint density at radius 1 is 1.46 bits per heavy atom. The van der Waals surface area contributed by atoms with E-state index in [0.29, 0.717) is 0 Å². The predicted octanol–water partition coefficient (Wildman–Crippen LogP) is 3.63. The lowest BCUT2D eigenvalue weighted by Gasteiger charge is -2.09. The summed E-state index contributed by atoms with van der Waals surface area (Å²) in [5.74, 6) is -0.0837. The van der Waals surface area contributed by atoms with Gasteiger partial charge in [0.25, 0.3) is 0 Å². The third-order valence-electron chi connectivity index (χ3n) is 1.99. The van der Waals surface area contributed by atoms with Gasteiger partial charge >= 0.3 is 0 Å². The van der Waals surface area contributed by atoms with Gasteiger partial charge < -0.3 is 0 Å². The van der Waals surface area contributed by atoms with Crippen LogP contribution in [0, 0.1) is 19.7 Å². The van der Waals surface area contributed by atoms with E-state index >= 15 is 0 Å². The number of hydrogen-bond donors (Lipinski definition) is 0. The predicted molar refractivity (Wildman–Crippen MR) is 54.0 cm³/mol. The van der Waals surface area contributed by atoms with Crippen molar-refractivity contribution in [3.8, 4) is 0 Å². The zero-order valence-corrected chi connectivity index (χ0v) is 7.89. The molecule has 0 aliphatic rings. The van der Waals surface area contributed by atoms with Crippen LogP contribution in [0.4, 0.5) is 4.39 Å². The minimum absolute atomic E-state index is 0.104. The minimum Gasteiger partial charge on any atom is -0.207 e. The first-order chi connectivity index (χ1) is 6.13. The Kier molecular flexibility index (Phi) is 3.24. The van der Waals surface area contributed by atoms with Gasteiger partial charge in [0.1, 0.15) is 5.82 Å². The highest BCUT2D eigenvalue weighted by atomic mass is 19.1. The lowest BCUT2D eigenvalue weighted by atomic mass is 9.96. The summed E-state index contributed by atoms with van der Waals surface area (Å²) in [6, 6.07) is 5.02. The van der Waals surface area contributed by atoms with Crippen molar-refractivity contribution in [2.24, 2.45) is 0 Å². The monoisotopic (exact) mass is 177 g/mol. The van der Waals surface area contributed by atoms with Crippen molar-refractivity contribution in [2.45, 2.75) is 19.3 Å². The highest BCUT2D eigenvalue weighted by Crippen LogP contribution is 2.20. The molecule has 0 saturated heterocycles. The fourth-order valence-corrected chi connectivity index (χ4v) is 1.34. The van der Waals surface area contributed by atoms with E-state index in [1.807, 2.05) is 13.0 Å². The van der Waals surface area contributed by atoms with E-state index in [-0.39, 0.29) is 11.7 Å². The van der Waals surface area contributed by atoms with Gasteiger partial charge in [-0.25, -0.2) is 4.39 Å². The molecule has 0 amide bonds. The normalized spacial score (nSPS) is 12.5. The molecule has 1 aromatic carbocycles. The summed E-state index contributed by atoms with van der Waals surface area (Å²) < 4.78 is 13.0. The highest BCUT2D eigenvalue weighted by Gasteiger charge is 2.05. The van der Waals surface area contributed by atoms with Gasteiger partial charge in [-0.2, -0.15) is 0 Å². The molecule has 0 spiro atoms. The van der Waals surface area contributed by atoms with Crippen LogP contribution in [0.5, 0.6) is 0 Å². The van der Waals surface area contributed by atoms with Crippen LogP contribution < -0.4 is 0 Å². The number of hydrogen-bond acceptors (Lipinski definition) is 0. The molecular weight excluding hydrogens is 163 g/mol. The highest BCUT2D eigenvalue weighted by molar-refractivity contribution is 5.27. The molecule has 69 valence electrons. The second-order valence-corrected chi connectivity index (χ2v) is 3.28. The molecule has 0 aliphatic heterocycles. The van der Waals surface area contributed by atoms with Crippen LogP contribution in [0.15, 0.2) is 30.9 Å². The van der Waals surface area contributed by atoms with Crippen LogP contribution in [-0.2, 0) is 0 Å². The lowest BCUT2D eigenvalue weighted by Crippen LogP contribution is -1.94. The molecular formula is C12H14F. The van der Waals surface area contributed by atoms with Gasteiger partial charge in [0.2, 0.25) is 0 Å². The number of allylic oxidation sites excluding steroid dienone is 1. The zero-order valence-electron chi connectivity index (χ0n) is 7.89. The Morgan fingerprint density at radius 2 is 2.15 bits per heavy atom. The SMILES string of the molecule is [CH2]C(CC=C)c1cc(C)cc(F)c1. The molecule has 0 N–H and O–H groups in total. The topological polar surface area (TPSA) is 0 Å². The van der Waals surface area contributed by atoms with Gasteiger partial charge in [-0.1, -0.05) is 12.1 Å². The lowest BCUT2D eigenvalue weighted by molar-refractivity contribution is 0.622. The molecule has 0 saturated carbocycles. The Labute approximate surface area is 79.1 Å². The molecule has 1 rings (SSSR count). The van der Waals surface area contributed by atoms with E-state index in [4.69, 9.17) is 0 Å². The molecule has 0 aliphatic carbocycles. The average molecular weight is 177 g/mol. The third kappa shape index (κ3) is 2.69. The maximum Gasteiger partial charge on any atom is 0.123 e. The van der Waals surface area contributed by atoms with Gasteiger partial charge in [-0.15, -0.1) is 6.58 Å². The first-order valence-corrected chi connectivity index (χ1v) is 4.34.